The molecule has 0 radical (unpaired) electrons. The second kappa shape index (κ2) is 5.56. The van der Waals surface area contributed by atoms with Crippen molar-refractivity contribution in [3.8, 4) is 0 Å². The lowest BCUT2D eigenvalue weighted by molar-refractivity contribution is 0.0693. The molecule has 4 heteroatoms. The van der Waals surface area contributed by atoms with E-state index in [1.54, 1.807) is 12.1 Å². The fourth-order valence-corrected chi connectivity index (χ4v) is 3.47. The van der Waals surface area contributed by atoms with Crippen LogP contribution in [0.3, 0.4) is 0 Å². The van der Waals surface area contributed by atoms with Crippen LogP contribution in [0.1, 0.15) is 36.0 Å². The van der Waals surface area contributed by atoms with Crippen LogP contribution in [0.4, 0.5) is 0 Å². The van der Waals surface area contributed by atoms with Crippen molar-refractivity contribution in [1.29, 1.82) is 0 Å². The van der Waals surface area contributed by atoms with Gasteiger partial charge in [-0.2, -0.15) is 0 Å². The maximum Gasteiger partial charge on any atom is 0.336 e. The Bertz CT molecular complexity index is 405. The Labute approximate surface area is 105 Å². The van der Waals surface area contributed by atoms with E-state index in [-0.39, 0.29) is 11.4 Å². The van der Waals surface area contributed by atoms with Gasteiger partial charge in [0.15, 0.2) is 0 Å². The van der Waals surface area contributed by atoms with Crippen LogP contribution in [0, 0.1) is 0 Å². The molecule has 1 aliphatic rings. The van der Waals surface area contributed by atoms with Crippen molar-refractivity contribution in [2.45, 2.75) is 41.9 Å². The molecule has 3 nitrogen and oxygen atoms in total. The Balaban J connectivity index is 2.14. The summed E-state index contributed by atoms with van der Waals surface area (Å²) >= 11 is 1.50. The SMILES string of the molecule is O=C(O)c1ccccc1SC1CCCCC1O. The molecule has 0 aromatic heterocycles. The number of thioether (sulfide) groups is 1. The van der Waals surface area contributed by atoms with Crippen molar-refractivity contribution in [2.75, 3.05) is 0 Å². The first-order chi connectivity index (χ1) is 8.18. The third kappa shape index (κ3) is 3.01. The van der Waals surface area contributed by atoms with Crippen LogP contribution in [-0.4, -0.2) is 27.5 Å². The number of hydrogen-bond donors (Lipinski definition) is 2. The molecule has 0 heterocycles. The summed E-state index contributed by atoms with van der Waals surface area (Å²) in [4.78, 5) is 11.8. The van der Waals surface area contributed by atoms with Gasteiger partial charge in [0.2, 0.25) is 0 Å². The second-order valence-corrected chi connectivity index (χ2v) is 5.59. The largest absolute Gasteiger partial charge is 0.478 e. The summed E-state index contributed by atoms with van der Waals surface area (Å²) in [6, 6.07) is 6.99. The second-order valence-electron chi connectivity index (χ2n) is 4.31. The van der Waals surface area contributed by atoms with E-state index in [1.807, 2.05) is 12.1 Å². The topological polar surface area (TPSA) is 57.5 Å². The molecular formula is C13H16O3S. The van der Waals surface area contributed by atoms with E-state index in [0.717, 1.165) is 30.6 Å². The highest BCUT2D eigenvalue weighted by Gasteiger charge is 2.25. The predicted octanol–water partition coefficient (Wildman–Crippen LogP) is 2.78. The fraction of sp³-hybridized carbons (Fsp3) is 0.462. The highest BCUT2D eigenvalue weighted by atomic mass is 32.2. The highest BCUT2D eigenvalue weighted by molar-refractivity contribution is 8.00. The van der Waals surface area contributed by atoms with Gasteiger partial charge in [-0.3, -0.25) is 0 Å². The van der Waals surface area contributed by atoms with Gasteiger partial charge in [-0.15, -0.1) is 11.8 Å². The van der Waals surface area contributed by atoms with E-state index in [2.05, 4.69) is 0 Å². The zero-order chi connectivity index (χ0) is 12.3. The lowest BCUT2D eigenvalue weighted by atomic mass is 9.97. The number of carboxylic acid groups (broad SMARTS) is 1. The maximum atomic E-state index is 11.1. The first-order valence-electron chi connectivity index (χ1n) is 5.85. The third-order valence-corrected chi connectivity index (χ3v) is 4.53. The van der Waals surface area contributed by atoms with E-state index < -0.39 is 5.97 Å². The molecule has 0 saturated heterocycles. The van der Waals surface area contributed by atoms with Crippen LogP contribution < -0.4 is 0 Å². The van der Waals surface area contributed by atoms with Gasteiger partial charge < -0.3 is 10.2 Å². The molecule has 92 valence electrons. The Hall–Kier alpha value is -1.00. The van der Waals surface area contributed by atoms with E-state index in [0.29, 0.717) is 5.56 Å². The number of carbonyl (C=O) groups is 1. The molecular weight excluding hydrogens is 236 g/mol. The monoisotopic (exact) mass is 252 g/mol. The summed E-state index contributed by atoms with van der Waals surface area (Å²) in [5.74, 6) is -0.904. The molecule has 0 spiro atoms. The van der Waals surface area contributed by atoms with Crippen LogP contribution in [0.25, 0.3) is 0 Å². The molecule has 2 N–H and O–H groups in total. The smallest absolute Gasteiger partial charge is 0.336 e. The number of carboxylic acids is 1. The highest BCUT2D eigenvalue weighted by Crippen LogP contribution is 2.35. The van der Waals surface area contributed by atoms with Gasteiger partial charge in [0, 0.05) is 10.1 Å². The molecule has 0 aliphatic heterocycles. The van der Waals surface area contributed by atoms with Crippen LogP contribution in [0.15, 0.2) is 29.2 Å². The Morgan fingerprint density at radius 3 is 2.65 bits per heavy atom. The Morgan fingerprint density at radius 2 is 1.94 bits per heavy atom. The number of aliphatic hydroxyl groups is 1. The lowest BCUT2D eigenvalue weighted by Crippen LogP contribution is -2.26. The van der Waals surface area contributed by atoms with Gasteiger partial charge in [-0.1, -0.05) is 25.0 Å². The normalized spacial score (nSPS) is 24.5. The van der Waals surface area contributed by atoms with Crippen molar-refractivity contribution in [2.24, 2.45) is 0 Å². The fourth-order valence-electron chi connectivity index (χ4n) is 2.12. The van der Waals surface area contributed by atoms with Gasteiger partial charge in [0.1, 0.15) is 0 Å². The Morgan fingerprint density at radius 1 is 1.24 bits per heavy atom. The third-order valence-electron chi connectivity index (χ3n) is 3.06. The van der Waals surface area contributed by atoms with Gasteiger partial charge in [-0.05, 0) is 25.0 Å². The standard InChI is InChI=1S/C13H16O3S/c14-10-6-2-4-8-12(10)17-11-7-3-1-5-9(11)13(15)16/h1,3,5,7,10,12,14H,2,4,6,8H2,(H,15,16). The van der Waals surface area contributed by atoms with Gasteiger partial charge in [0.25, 0.3) is 0 Å². The average molecular weight is 252 g/mol. The zero-order valence-corrected chi connectivity index (χ0v) is 10.3. The summed E-state index contributed by atoms with van der Waals surface area (Å²) in [5.41, 5.74) is 0.329. The average Bonchev–Trinajstić information content (AvgIpc) is 2.32. The molecule has 0 amide bonds. The lowest BCUT2D eigenvalue weighted by Gasteiger charge is -2.27. The van der Waals surface area contributed by atoms with Crippen molar-refractivity contribution in [3.63, 3.8) is 0 Å². The molecule has 1 fully saturated rings. The summed E-state index contributed by atoms with van der Waals surface area (Å²) in [6.45, 7) is 0. The molecule has 1 aromatic rings. The Kier molecular flexibility index (Phi) is 4.07. The summed E-state index contributed by atoms with van der Waals surface area (Å²) in [5, 5.41) is 19.1. The van der Waals surface area contributed by atoms with Crippen molar-refractivity contribution < 1.29 is 15.0 Å². The minimum absolute atomic E-state index is 0.129. The van der Waals surface area contributed by atoms with Gasteiger partial charge >= 0.3 is 5.97 Å². The summed E-state index contributed by atoms with van der Waals surface area (Å²) < 4.78 is 0. The van der Waals surface area contributed by atoms with E-state index in [9.17, 15) is 9.90 Å². The van der Waals surface area contributed by atoms with Crippen molar-refractivity contribution >= 4 is 17.7 Å². The zero-order valence-electron chi connectivity index (χ0n) is 9.50. The molecule has 1 aliphatic carbocycles. The quantitative estimate of drug-likeness (QED) is 0.868. The molecule has 1 aromatic carbocycles. The minimum Gasteiger partial charge on any atom is -0.478 e. The predicted molar refractivity (Wildman–Crippen MR) is 67.5 cm³/mol. The van der Waals surface area contributed by atoms with Crippen molar-refractivity contribution in [3.05, 3.63) is 29.8 Å². The van der Waals surface area contributed by atoms with Crippen LogP contribution >= 0.6 is 11.8 Å². The van der Waals surface area contributed by atoms with E-state index >= 15 is 0 Å². The number of aromatic carboxylic acids is 1. The number of aliphatic hydroxyl groups excluding tert-OH is 1. The van der Waals surface area contributed by atoms with Crippen LogP contribution in [0.2, 0.25) is 0 Å². The number of rotatable bonds is 3. The van der Waals surface area contributed by atoms with Crippen LogP contribution in [0.5, 0.6) is 0 Å². The molecule has 0 bridgehead atoms. The van der Waals surface area contributed by atoms with E-state index in [1.165, 1.54) is 11.8 Å². The molecule has 2 unspecified atom stereocenters. The van der Waals surface area contributed by atoms with Crippen LogP contribution in [-0.2, 0) is 0 Å². The minimum atomic E-state index is -0.904. The molecule has 1 saturated carbocycles. The summed E-state index contributed by atoms with van der Waals surface area (Å²) in [7, 11) is 0. The molecule has 17 heavy (non-hydrogen) atoms. The maximum absolute atomic E-state index is 11.1. The summed E-state index contributed by atoms with van der Waals surface area (Å²) in [6.07, 6.45) is 3.66. The van der Waals surface area contributed by atoms with Gasteiger partial charge in [-0.25, -0.2) is 4.79 Å². The first kappa shape index (κ1) is 12.5. The van der Waals surface area contributed by atoms with Gasteiger partial charge in [0.05, 0.1) is 11.7 Å². The molecule has 2 atom stereocenters. The van der Waals surface area contributed by atoms with E-state index in [4.69, 9.17) is 5.11 Å². The number of hydrogen-bond acceptors (Lipinski definition) is 3. The van der Waals surface area contributed by atoms with Crippen molar-refractivity contribution in [1.82, 2.24) is 0 Å². The first-order valence-corrected chi connectivity index (χ1v) is 6.73. The number of benzene rings is 1. The molecule has 2 rings (SSSR count).